The fraction of sp³-hybridized carbons (Fsp3) is 0.286. The lowest BCUT2D eigenvalue weighted by Gasteiger charge is -2.30. The zero-order valence-electron chi connectivity index (χ0n) is 9.72. The molecule has 0 spiro atoms. The average molecular weight is 330 g/mol. The van der Waals surface area contributed by atoms with Crippen LogP contribution in [0, 0.1) is 0 Å². The summed E-state index contributed by atoms with van der Waals surface area (Å²) in [4.78, 5) is 0. The minimum atomic E-state index is -1.16. The first-order chi connectivity index (χ1) is 8.60. The van der Waals surface area contributed by atoms with Crippen LogP contribution in [0.1, 0.15) is 5.56 Å². The molecule has 0 amide bonds. The number of aliphatic hydroxyl groups is 1. The van der Waals surface area contributed by atoms with Crippen LogP contribution in [0.3, 0.4) is 0 Å². The maximum atomic E-state index is 10.4. The first kappa shape index (κ1) is 13.8. The molecule has 0 radical (unpaired) electrons. The Morgan fingerprint density at radius 1 is 1.33 bits per heavy atom. The third kappa shape index (κ3) is 3.45. The summed E-state index contributed by atoms with van der Waals surface area (Å²) in [6, 6.07) is 9.83. The summed E-state index contributed by atoms with van der Waals surface area (Å²) >= 11 is 9.42. The van der Waals surface area contributed by atoms with Crippen molar-refractivity contribution in [1.82, 2.24) is 0 Å². The Bertz CT molecular complexity index is 458. The SMILES string of the molecule is OC1(COCc2ccccc2)C=C(Br)C=CC1Cl. The molecule has 2 rings (SSSR count). The number of hydrogen-bond acceptors (Lipinski definition) is 2. The monoisotopic (exact) mass is 328 g/mol. The molecular weight excluding hydrogens is 316 g/mol. The zero-order valence-corrected chi connectivity index (χ0v) is 12.1. The van der Waals surface area contributed by atoms with Gasteiger partial charge in [-0.15, -0.1) is 11.6 Å². The summed E-state index contributed by atoms with van der Waals surface area (Å²) in [6.45, 7) is 0.622. The van der Waals surface area contributed by atoms with E-state index in [4.69, 9.17) is 16.3 Å². The minimum absolute atomic E-state index is 0.162. The lowest BCUT2D eigenvalue weighted by Crippen LogP contribution is -2.42. The predicted octanol–water partition coefficient (Wildman–Crippen LogP) is 3.39. The molecule has 18 heavy (non-hydrogen) atoms. The molecule has 0 heterocycles. The van der Waals surface area contributed by atoms with E-state index in [1.165, 1.54) is 0 Å². The van der Waals surface area contributed by atoms with Crippen LogP contribution in [0.15, 0.2) is 53.0 Å². The van der Waals surface area contributed by atoms with Crippen molar-refractivity contribution in [3.8, 4) is 0 Å². The van der Waals surface area contributed by atoms with Gasteiger partial charge in [-0.3, -0.25) is 0 Å². The van der Waals surface area contributed by atoms with Gasteiger partial charge in [-0.25, -0.2) is 0 Å². The van der Waals surface area contributed by atoms with Crippen molar-refractivity contribution in [2.24, 2.45) is 0 Å². The fourth-order valence-corrected chi connectivity index (χ4v) is 2.49. The number of hydrogen-bond donors (Lipinski definition) is 1. The van der Waals surface area contributed by atoms with Crippen molar-refractivity contribution in [1.29, 1.82) is 0 Å². The normalized spacial score (nSPS) is 27.1. The molecule has 2 atom stereocenters. The van der Waals surface area contributed by atoms with Gasteiger partial charge in [-0.05, 0) is 11.6 Å². The lowest BCUT2D eigenvalue weighted by atomic mass is 9.96. The van der Waals surface area contributed by atoms with Gasteiger partial charge in [0, 0.05) is 4.48 Å². The molecule has 0 fully saturated rings. The molecule has 0 saturated heterocycles. The summed E-state index contributed by atoms with van der Waals surface area (Å²) in [5.41, 5.74) is -0.0918. The molecule has 1 aliphatic rings. The van der Waals surface area contributed by atoms with E-state index in [1.54, 1.807) is 12.2 Å². The van der Waals surface area contributed by atoms with Crippen molar-refractivity contribution < 1.29 is 9.84 Å². The standard InChI is InChI=1S/C14H14BrClO2/c15-12-6-7-13(16)14(17,8-12)10-18-9-11-4-2-1-3-5-11/h1-8,13,17H,9-10H2. The third-order valence-electron chi connectivity index (χ3n) is 2.73. The van der Waals surface area contributed by atoms with Gasteiger partial charge in [0.05, 0.1) is 18.6 Å². The molecule has 1 aromatic carbocycles. The molecule has 4 heteroatoms. The lowest BCUT2D eigenvalue weighted by molar-refractivity contribution is -0.0165. The Hall–Kier alpha value is -0.610. The van der Waals surface area contributed by atoms with Crippen LogP contribution in [0.4, 0.5) is 0 Å². The topological polar surface area (TPSA) is 29.5 Å². The van der Waals surface area contributed by atoms with Crippen LogP contribution in [-0.4, -0.2) is 22.7 Å². The summed E-state index contributed by atoms with van der Waals surface area (Å²) < 4.78 is 6.36. The fourth-order valence-electron chi connectivity index (χ4n) is 1.74. The highest BCUT2D eigenvalue weighted by Gasteiger charge is 2.34. The largest absolute Gasteiger partial charge is 0.381 e. The zero-order chi connectivity index (χ0) is 13.0. The van der Waals surface area contributed by atoms with Crippen LogP contribution in [0.2, 0.25) is 0 Å². The maximum Gasteiger partial charge on any atom is 0.127 e. The minimum Gasteiger partial charge on any atom is -0.381 e. The van der Waals surface area contributed by atoms with E-state index in [-0.39, 0.29) is 6.61 Å². The summed E-state index contributed by atoms with van der Waals surface area (Å²) in [6.07, 6.45) is 5.25. The molecule has 1 N–H and O–H groups in total. The molecular formula is C14H14BrClO2. The highest BCUT2D eigenvalue weighted by atomic mass is 79.9. The second-order valence-corrected chi connectivity index (χ2v) is 5.65. The van der Waals surface area contributed by atoms with Crippen LogP contribution in [0.5, 0.6) is 0 Å². The molecule has 2 nitrogen and oxygen atoms in total. The van der Waals surface area contributed by atoms with Gasteiger partial charge in [0.1, 0.15) is 5.60 Å². The highest BCUT2D eigenvalue weighted by molar-refractivity contribution is 9.11. The second-order valence-electron chi connectivity index (χ2n) is 4.26. The maximum absolute atomic E-state index is 10.4. The Balaban J connectivity index is 1.92. The molecule has 0 saturated carbocycles. The van der Waals surface area contributed by atoms with Gasteiger partial charge in [-0.1, -0.05) is 58.4 Å². The van der Waals surface area contributed by atoms with Crippen LogP contribution in [0.25, 0.3) is 0 Å². The molecule has 1 aliphatic carbocycles. The first-order valence-electron chi connectivity index (χ1n) is 5.65. The van der Waals surface area contributed by atoms with E-state index in [0.29, 0.717) is 6.61 Å². The Kier molecular flexibility index (Phi) is 4.62. The van der Waals surface area contributed by atoms with Crippen molar-refractivity contribution in [2.75, 3.05) is 6.61 Å². The second kappa shape index (κ2) is 6.02. The highest BCUT2D eigenvalue weighted by Crippen LogP contribution is 2.29. The number of benzene rings is 1. The molecule has 2 unspecified atom stereocenters. The smallest absolute Gasteiger partial charge is 0.127 e. The number of rotatable bonds is 4. The van der Waals surface area contributed by atoms with Gasteiger partial charge in [0.15, 0.2) is 0 Å². The van der Waals surface area contributed by atoms with Gasteiger partial charge < -0.3 is 9.84 Å². The molecule has 1 aromatic rings. The molecule has 0 aliphatic heterocycles. The Morgan fingerprint density at radius 3 is 2.78 bits per heavy atom. The third-order valence-corrected chi connectivity index (χ3v) is 3.75. The van der Waals surface area contributed by atoms with E-state index in [1.807, 2.05) is 36.4 Å². The van der Waals surface area contributed by atoms with E-state index < -0.39 is 11.0 Å². The molecule has 0 aromatic heterocycles. The van der Waals surface area contributed by atoms with Crippen molar-refractivity contribution >= 4 is 27.5 Å². The predicted molar refractivity (Wildman–Crippen MR) is 76.8 cm³/mol. The Morgan fingerprint density at radius 2 is 2.06 bits per heavy atom. The van der Waals surface area contributed by atoms with Crippen LogP contribution < -0.4 is 0 Å². The summed E-state index contributed by atoms with van der Waals surface area (Å²) in [7, 11) is 0. The van der Waals surface area contributed by atoms with Crippen molar-refractivity contribution in [3.63, 3.8) is 0 Å². The quantitative estimate of drug-likeness (QED) is 0.858. The van der Waals surface area contributed by atoms with Gasteiger partial charge >= 0.3 is 0 Å². The van der Waals surface area contributed by atoms with Gasteiger partial charge in [0.25, 0.3) is 0 Å². The van der Waals surface area contributed by atoms with Crippen molar-refractivity contribution in [2.45, 2.75) is 17.6 Å². The number of halogens is 2. The van der Waals surface area contributed by atoms with E-state index in [9.17, 15) is 5.11 Å². The number of alkyl halides is 1. The van der Waals surface area contributed by atoms with E-state index in [2.05, 4.69) is 15.9 Å². The van der Waals surface area contributed by atoms with E-state index in [0.717, 1.165) is 10.0 Å². The summed E-state index contributed by atoms with van der Waals surface area (Å²) in [5, 5.41) is 9.90. The molecule has 0 bridgehead atoms. The summed E-state index contributed by atoms with van der Waals surface area (Å²) in [5.74, 6) is 0. The average Bonchev–Trinajstić information content (AvgIpc) is 2.36. The van der Waals surface area contributed by atoms with Gasteiger partial charge in [0.2, 0.25) is 0 Å². The first-order valence-corrected chi connectivity index (χ1v) is 6.88. The van der Waals surface area contributed by atoms with Crippen LogP contribution in [-0.2, 0) is 11.3 Å². The van der Waals surface area contributed by atoms with Crippen LogP contribution >= 0.6 is 27.5 Å². The molecule has 96 valence electrons. The number of allylic oxidation sites excluding steroid dienone is 2. The van der Waals surface area contributed by atoms with Gasteiger partial charge in [-0.2, -0.15) is 0 Å². The number of ether oxygens (including phenoxy) is 1. The van der Waals surface area contributed by atoms with E-state index >= 15 is 0 Å². The van der Waals surface area contributed by atoms with Crippen molar-refractivity contribution in [3.05, 3.63) is 58.6 Å². The Labute approximate surface area is 120 Å².